The van der Waals surface area contributed by atoms with Gasteiger partial charge in [-0.2, -0.15) is 13.2 Å². The molecule has 0 N–H and O–H groups in total. The molecule has 0 radical (unpaired) electrons. The number of nitrogens with zero attached hydrogens (tertiary/aromatic N) is 4. The number of aldehydes is 1. The average molecular weight is 318 g/mol. The molecule has 0 spiro atoms. The van der Waals surface area contributed by atoms with Crippen molar-refractivity contribution < 1.29 is 18.0 Å². The molecule has 116 valence electrons. The Morgan fingerprint density at radius 3 is 2.39 bits per heavy atom. The van der Waals surface area contributed by atoms with Crippen LogP contribution in [0.4, 0.5) is 13.2 Å². The minimum Gasteiger partial charge on any atom is -0.302 e. The molecule has 0 aliphatic carbocycles. The van der Waals surface area contributed by atoms with E-state index in [9.17, 15) is 18.0 Å². The quantitative estimate of drug-likeness (QED) is 0.695. The number of carbonyl (C=O) groups is 1. The number of aromatic nitrogens is 4. The lowest BCUT2D eigenvalue weighted by Crippen LogP contribution is -2.14. The molecule has 3 rings (SSSR count). The van der Waals surface area contributed by atoms with Gasteiger partial charge in [0, 0.05) is 18.6 Å². The molecule has 2 heterocycles. The lowest BCUT2D eigenvalue weighted by Gasteiger charge is -2.12. The Bertz CT molecular complexity index is 866. The van der Waals surface area contributed by atoms with Gasteiger partial charge in [-0.25, -0.2) is 9.97 Å². The summed E-state index contributed by atoms with van der Waals surface area (Å²) in [5.74, 6) is -2.21. The van der Waals surface area contributed by atoms with Crippen LogP contribution in [0.15, 0.2) is 42.9 Å². The van der Waals surface area contributed by atoms with Crippen LogP contribution in [0.5, 0.6) is 0 Å². The van der Waals surface area contributed by atoms with Gasteiger partial charge in [-0.05, 0) is 23.8 Å². The third-order valence-electron chi connectivity index (χ3n) is 3.24. The van der Waals surface area contributed by atoms with Crippen molar-refractivity contribution in [2.24, 2.45) is 0 Å². The average Bonchev–Trinajstić information content (AvgIpc) is 2.55. The standard InChI is InChI=1S/C15H9F3N4O/c16-15(17,18)14-21-4-3-11(22-14)10(8-23)9-1-2-12-13(7-9)20-6-5-19-12/h1-8,10H. The van der Waals surface area contributed by atoms with Crippen LogP contribution < -0.4 is 0 Å². The van der Waals surface area contributed by atoms with E-state index in [1.54, 1.807) is 18.2 Å². The van der Waals surface area contributed by atoms with Gasteiger partial charge >= 0.3 is 6.18 Å². The predicted octanol–water partition coefficient (Wildman–Crippen LogP) is 2.77. The molecule has 0 aliphatic heterocycles. The minimum absolute atomic E-state index is 0.0226. The largest absolute Gasteiger partial charge is 0.451 e. The van der Waals surface area contributed by atoms with Crippen molar-refractivity contribution in [3.05, 3.63) is 59.9 Å². The molecule has 0 bridgehead atoms. The van der Waals surface area contributed by atoms with Crippen molar-refractivity contribution in [1.82, 2.24) is 19.9 Å². The number of benzene rings is 1. The lowest BCUT2D eigenvalue weighted by molar-refractivity contribution is -0.145. The van der Waals surface area contributed by atoms with Gasteiger partial charge in [0.25, 0.3) is 0 Å². The SMILES string of the molecule is O=CC(c1ccc2nccnc2c1)c1ccnc(C(F)(F)F)n1. The molecule has 1 atom stereocenters. The van der Waals surface area contributed by atoms with E-state index in [1.807, 2.05) is 0 Å². The number of rotatable bonds is 3. The molecule has 1 unspecified atom stereocenters. The monoisotopic (exact) mass is 318 g/mol. The summed E-state index contributed by atoms with van der Waals surface area (Å²) >= 11 is 0. The predicted molar refractivity (Wildman–Crippen MR) is 74.5 cm³/mol. The Balaban J connectivity index is 2.06. The van der Waals surface area contributed by atoms with Gasteiger partial charge in [0.2, 0.25) is 5.82 Å². The Labute approximate surface area is 128 Å². The van der Waals surface area contributed by atoms with Gasteiger partial charge in [0.05, 0.1) is 22.6 Å². The second-order valence-electron chi connectivity index (χ2n) is 4.72. The van der Waals surface area contributed by atoms with E-state index in [-0.39, 0.29) is 5.69 Å². The Hall–Kier alpha value is -2.90. The van der Waals surface area contributed by atoms with Gasteiger partial charge in [0.1, 0.15) is 6.29 Å². The molecule has 0 amide bonds. The molecule has 5 nitrogen and oxygen atoms in total. The topological polar surface area (TPSA) is 68.6 Å². The Morgan fingerprint density at radius 1 is 0.957 bits per heavy atom. The van der Waals surface area contributed by atoms with Crippen LogP contribution in [-0.4, -0.2) is 26.2 Å². The molecule has 1 aromatic carbocycles. The number of carbonyl (C=O) groups excluding carboxylic acids is 1. The van der Waals surface area contributed by atoms with Crippen LogP contribution in [0.25, 0.3) is 11.0 Å². The first-order chi connectivity index (χ1) is 11.0. The van der Waals surface area contributed by atoms with Crippen LogP contribution in [0.1, 0.15) is 23.0 Å². The highest BCUT2D eigenvalue weighted by Gasteiger charge is 2.35. The van der Waals surface area contributed by atoms with Gasteiger partial charge in [-0.3, -0.25) is 9.97 Å². The summed E-state index contributed by atoms with van der Waals surface area (Å²) < 4.78 is 38.1. The van der Waals surface area contributed by atoms with E-state index in [4.69, 9.17) is 0 Å². The fourth-order valence-electron chi connectivity index (χ4n) is 2.18. The molecular formula is C15H9F3N4O. The van der Waals surface area contributed by atoms with Crippen LogP contribution >= 0.6 is 0 Å². The number of hydrogen-bond donors (Lipinski definition) is 0. The number of halogens is 3. The third-order valence-corrected chi connectivity index (χ3v) is 3.24. The minimum atomic E-state index is -4.67. The second kappa shape index (κ2) is 5.71. The molecular weight excluding hydrogens is 309 g/mol. The summed E-state index contributed by atoms with van der Waals surface area (Å²) in [6.45, 7) is 0. The molecule has 3 aromatic rings. The maximum Gasteiger partial charge on any atom is 0.451 e. The van der Waals surface area contributed by atoms with Crippen molar-refractivity contribution in [1.29, 1.82) is 0 Å². The lowest BCUT2D eigenvalue weighted by atomic mass is 9.96. The second-order valence-corrected chi connectivity index (χ2v) is 4.72. The number of hydrogen-bond acceptors (Lipinski definition) is 5. The Morgan fingerprint density at radius 2 is 1.70 bits per heavy atom. The van der Waals surface area contributed by atoms with Crippen molar-refractivity contribution in [3.8, 4) is 0 Å². The third kappa shape index (κ3) is 3.01. The molecule has 0 aliphatic rings. The van der Waals surface area contributed by atoms with E-state index >= 15 is 0 Å². The van der Waals surface area contributed by atoms with Crippen molar-refractivity contribution in [2.45, 2.75) is 12.1 Å². The summed E-state index contributed by atoms with van der Waals surface area (Å²) in [7, 11) is 0. The van der Waals surface area contributed by atoms with Crippen molar-refractivity contribution in [3.63, 3.8) is 0 Å². The first kappa shape index (κ1) is 15.0. The zero-order valence-corrected chi connectivity index (χ0v) is 11.5. The smallest absolute Gasteiger partial charge is 0.302 e. The van der Waals surface area contributed by atoms with Crippen molar-refractivity contribution in [2.75, 3.05) is 0 Å². The molecule has 8 heteroatoms. The van der Waals surface area contributed by atoms with E-state index in [0.29, 0.717) is 22.9 Å². The summed E-state index contributed by atoms with van der Waals surface area (Å²) in [4.78, 5) is 26.3. The molecule has 0 saturated heterocycles. The van der Waals surface area contributed by atoms with Gasteiger partial charge in [-0.15, -0.1) is 0 Å². The highest BCUT2D eigenvalue weighted by atomic mass is 19.4. The fraction of sp³-hybridized carbons (Fsp3) is 0.133. The van der Waals surface area contributed by atoms with Gasteiger partial charge in [0.15, 0.2) is 0 Å². The van der Waals surface area contributed by atoms with E-state index in [1.165, 1.54) is 18.5 Å². The molecule has 23 heavy (non-hydrogen) atoms. The molecule has 0 fully saturated rings. The van der Waals surface area contributed by atoms with Crippen LogP contribution in [-0.2, 0) is 11.0 Å². The van der Waals surface area contributed by atoms with Crippen LogP contribution in [0.2, 0.25) is 0 Å². The summed E-state index contributed by atoms with van der Waals surface area (Å²) in [5, 5.41) is 0. The van der Waals surface area contributed by atoms with Crippen LogP contribution in [0, 0.1) is 0 Å². The highest BCUT2D eigenvalue weighted by Crippen LogP contribution is 2.28. The zero-order chi connectivity index (χ0) is 16.4. The van der Waals surface area contributed by atoms with Crippen LogP contribution in [0.3, 0.4) is 0 Å². The van der Waals surface area contributed by atoms with Crippen molar-refractivity contribution >= 4 is 17.3 Å². The molecule has 0 saturated carbocycles. The Kier molecular flexibility index (Phi) is 3.73. The maximum atomic E-state index is 12.7. The summed E-state index contributed by atoms with van der Waals surface area (Å²) in [5.41, 5.74) is 1.63. The fourth-order valence-corrected chi connectivity index (χ4v) is 2.18. The first-order valence-electron chi connectivity index (χ1n) is 6.55. The number of fused-ring (bicyclic) bond motifs is 1. The molecule has 2 aromatic heterocycles. The summed E-state index contributed by atoms with van der Waals surface area (Å²) in [6.07, 6.45) is -0.117. The maximum absolute atomic E-state index is 12.7. The first-order valence-corrected chi connectivity index (χ1v) is 6.55. The van der Waals surface area contributed by atoms with E-state index in [0.717, 1.165) is 6.20 Å². The zero-order valence-electron chi connectivity index (χ0n) is 11.5. The van der Waals surface area contributed by atoms with E-state index < -0.39 is 17.9 Å². The van der Waals surface area contributed by atoms with Gasteiger partial charge in [-0.1, -0.05) is 6.07 Å². The summed E-state index contributed by atoms with van der Waals surface area (Å²) in [6, 6.07) is 6.16. The highest BCUT2D eigenvalue weighted by molar-refractivity contribution is 5.77. The normalized spacial score (nSPS) is 13.0. The van der Waals surface area contributed by atoms with Gasteiger partial charge < -0.3 is 4.79 Å². The number of alkyl halides is 3. The van der Waals surface area contributed by atoms with E-state index in [2.05, 4.69) is 19.9 Å².